The van der Waals surface area contributed by atoms with Crippen molar-refractivity contribution < 1.29 is 27.6 Å². The van der Waals surface area contributed by atoms with Crippen LogP contribution in [0.4, 0.5) is 50.3 Å². The minimum Gasteiger partial charge on any atom is -0.399 e. The molecule has 4 atom stereocenters. The number of likely N-dealkylation sites (tertiary alicyclic amines) is 3. The standard InChI is InChI=1S/3C22H25N5O.C16H16N4.C5H8F3N.ClH/c3*1-4-20-23-12-17-9-16(11-24-21(17)26-20)19-10-18(6-5-15(19)3)25-22(28)27-8-7-14(2)13-27;1-3-15-18-9-12-6-11(8-19-16(12)20-15)14-7-13(17)5-4-10(14)2;6-5(7,8)4-1-2-9-3-4;/h3*5-6,9-12,14H,4,7-8,13H2,1-3H3,(H,25,28);4-9H,3,17H2,1-2H3;4,9H,1-3H2;1H/t14-;;;;;/m0...../s1. The summed E-state index contributed by atoms with van der Waals surface area (Å²) in [5.74, 6) is 3.81. The molecule has 4 aromatic carbocycles. The van der Waals surface area contributed by atoms with Crippen molar-refractivity contribution >= 4 is 97.4 Å². The van der Waals surface area contributed by atoms with E-state index in [1.54, 1.807) is 0 Å². The van der Waals surface area contributed by atoms with E-state index < -0.39 is 12.1 Å². The van der Waals surface area contributed by atoms with Gasteiger partial charge in [0, 0.05) is 188 Å². The van der Waals surface area contributed by atoms with Crippen molar-refractivity contribution in [2.24, 2.45) is 23.7 Å². The number of pyridine rings is 4. The molecule has 4 aliphatic rings. The maximum Gasteiger partial charge on any atom is 0.393 e. The summed E-state index contributed by atoms with van der Waals surface area (Å²) in [6.45, 7) is 28.4. The highest BCUT2D eigenvalue weighted by atomic mass is 35.5. The summed E-state index contributed by atoms with van der Waals surface area (Å²) in [5, 5.41) is 15.4. The van der Waals surface area contributed by atoms with Crippen LogP contribution < -0.4 is 27.0 Å². The van der Waals surface area contributed by atoms with Gasteiger partial charge < -0.3 is 41.7 Å². The topological polar surface area (TPSA) is 290 Å². The van der Waals surface area contributed by atoms with E-state index in [2.05, 4.69) is 154 Å². The Labute approximate surface area is 669 Å². The van der Waals surface area contributed by atoms with Crippen LogP contribution in [0.3, 0.4) is 0 Å². The number of hydrogen-bond acceptors (Lipinski definition) is 17. The van der Waals surface area contributed by atoms with E-state index in [1.807, 2.05) is 165 Å². The molecule has 4 fully saturated rings. The highest BCUT2D eigenvalue weighted by molar-refractivity contribution is 5.94. The second kappa shape index (κ2) is 37.9. The van der Waals surface area contributed by atoms with Crippen molar-refractivity contribution in [2.45, 2.75) is 134 Å². The number of aromatic nitrogens is 12. The molecule has 0 saturated carbocycles. The molecule has 8 aromatic heterocycles. The molecule has 3 unspecified atom stereocenters. The van der Waals surface area contributed by atoms with Crippen LogP contribution in [0.5, 0.6) is 0 Å². The predicted octanol–water partition coefficient (Wildman–Crippen LogP) is 18.0. The predicted molar refractivity (Wildman–Crippen MR) is 449 cm³/mol. The Morgan fingerprint density at radius 1 is 0.421 bits per heavy atom. The lowest BCUT2D eigenvalue weighted by atomic mass is 10.0. The van der Waals surface area contributed by atoms with E-state index in [0.29, 0.717) is 41.2 Å². The minimum absolute atomic E-state index is 0. The third-order valence-corrected chi connectivity index (χ3v) is 20.8. The fraction of sp³-hybridized carbons (Fsp3) is 0.368. The van der Waals surface area contributed by atoms with E-state index in [0.717, 1.165) is 219 Å². The normalized spacial score (nSPS) is 16.4. The monoisotopic (exact) mass is 1560 g/mol. The number of halogens is 4. The fourth-order valence-electron chi connectivity index (χ4n) is 14.0. The molecular formula is C87H100ClF3N20O3. The number of anilines is 4. The zero-order valence-electron chi connectivity index (χ0n) is 66.5. The number of nitrogens with one attached hydrogen (secondary N) is 4. The Hall–Kier alpha value is -11.5. The highest BCUT2D eigenvalue weighted by Gasteiger charge is 2.41. The van der Waals surface area contributed by atoms with Crippen molar-refractivity contribution in [1.82, 2.24) is 79.8 Å². The van der Waals surface area contributed by atoms with Crippen molar-refractivity contribution in [1.29, 1.82) is 0 Å². The molecule has 0 radical (unpaired) electrons. The van der Waals surface area contributed by atoms with E-state index >= 15 is 0 Å². The van der Waals surface area contributed by atoms with Crippen LogP contribution >= 0.6 is 12.4 Å². The summed E-state index contributed by atoms with van der Waals surface area (Å²) in [4.78, 5) is 96.5. The van der Waals surface area contributed by atoms with Crippen LogP contribution in [0.1, 0.15) is 120 Å². The first-order valence-electron chi connectivity index (χ1n) is 39.0. The number of nitrogens with two attached hydrogens (primary N) is 1. The zero-order valence-corrected chi connectivity index (χ0v) is 67.3. The van der Waals surface area contributed by atoms with Gasteiger partial charge in [-0.2, -0.15) is 13.2 Å². The van der Waals surface area contributed by atoms with Gasteiger partial charge >= 0.3 is 24.3 Å². The third kappa shape index (κ3) is 21.2. The first-order valence-corrected chi connectivity index (χ1v) is 39.0. The number of hydrogen-bond donors (Lipinski definition) is 5. The number of fused-ring (bicyclic) bond motifs is 4. The number of nitrogen functional groups attached to an aromatic ring is 1. The number of alkyl halides is 3. The molecule has 6 amide bonds. The average Bonchev–Trinajstić information content (AvgIpc) is 1.07. The van der Waals surface area contributed by atoms with Gasteiger partial charge in [0.25, 0.3) is 0 Å². The number of aryl methyl sites for hydroxylation is 8. The molecule has 4 saturated heterocycles. The van der Waals surface area contributed by atoms with Crippen LogP contribution in [0.25, 0.3) is 88.6 Å². The molecule has 16 rings (SSSR count). The van der Waals surface area contributed by atoms with Gasteiger partial charge in [0.05, 0.1) is 5.92 Å². The molecule has 12 aromatic rings. The summed E-state index contributed by atoms with van der Waals surface area (Å²) in [6, 6.07) is 32.0. The number of urea groups is 3. The molecular weight excluding hydrogens is 1470 g/mol. The van der Waals surface area contributed by atoms with Gasteiger partial charge in [0.2, 0.25) is 0 Å². The van der Waals surface area contributed by atoms with Gasteiger partial charge in [0.1, 0.15) is 23.3 Å². The van der Waals surface area contributed by atoms with Gasteiger partial charge in [-0.1, -0.05) is 72.7 Å². The van der Waals surface area contributed by atoms with E-state index in [4.69, 9.17) is 5.73 Å². The molecule has 12 heterocycles. The average molecular weight is 1570 g/mol. The zero-order chi connectivity index (χ0) is 80.0. The molecule has 6 N–H and O–H groups in total. The molecule has 594 valence electrons. The second-order valence-electron chi connectivity index (χ2n) is 29.8. The highest BCUT2D eigenvalue weighted by Crippen LogP contribution is 2.35. The maximum atomic E-state index is 12.5. The van der Waals surface area contributed by atoms with Gasteiger partial charge in [0.15, 0.2) is 22.6 Å². The number of carbonyl (C=O) groups excluding carboxylic acids is 3. The molecule has 4 aliphatic heterocycles. The molecule has 0 aliphatic carbocycles. The van der Waals surface area contributed by atoms with Crippen LogP contribution in [-0.2, 0) is 25.7 Å². The number of rotatable bonds is 11. The fourth-order valence-corrected chi connectivity index (χ4v) is 14.0. The largest absolute Gasteiger partial charge is 0.399 e. The minimum atomic E-state index is -3.98. The second-order valence-corrected chi connectivity index (χ2v) is 29.8. The van der Waals surface area contributed by atoms with Gasteiger partial charge in [-0.3, -0.25) is 0 Å². The molecule has 23 nitrogen and oxygen atoms in total. The van der Waals surface area contributed by atoms with Crippen molar-refractivity contribution in [3.05, 3.63) is 192 Å². The van der Waals surface area contributed by atoms with Gasteiger partial charge in [-0.15, -0.1) is 12.4 Å². The maximum absolute atomic E-state index is 12.5. The lowest BCUT2D eigenvalue weighted by Gasteiger charge is -2.17. The number of amides is 6. The molecule has 0 bridgehead atoms. The molecule has 27 heteroatoms. The Morgan fingerprint density at radius 2 is 0.711 bits per heavy atom. The number of carbonyl (C=O) groups is 3. The summed E-state index contributed by atoms with van der Waals surface area (Å²) >= 11 is 0. The Kier molecular flexibility index (Phi) is 27.7. The van der Waals surface area contributed by atoms with Crippen LogP contribution in [-0.4, -0.2) is 151 Å². The number of benzene rings is 4. The van der Waals surface area contributed by atoms with Crippen LogP contribution in [0.2, 0.25) is 0 Å². The lowest BCUT2D eigenvalue weighted by molar-refractivity contribution is -0.168. The quantitative estimate of drug-likeness (QED) is 0.0752. The summed E-state index contributed by atoms with van der Waals surface area (Å²) < 4.78 is 35.2. The van der Waals surface area contributed by atoms with Crippen molar-refractivity contribution in [3.63, 3.8) is 0 Å². The Bertz CT molecular complexity index is 5020. The molecule has 0 spiro atoms. The number of nitrogens with zero attached hydrogens (tertiary/aromatic N) is 15. The van der Waals surface area contributed by atoms with E-state index in [9.17, 15) is 27.6 Å². The first-order chi connectivity index (χ1) is 54.4. The summed E-state index contributed by atoms with van der Waals surface area (Å²) in [7, 11) is 0. The van der Waals surface area contributed by atoms with Crippen molar-refractivity contribution in [2.75, 3.05) is 74.0 Å². The van der Waals surface area contributed by atoms with Crippen molar-refractivity contribution in [3.8, 4) is 44.5 Å². The third-order valence-electron chi connectivity index (χ3n) is 20.8. The summed E-state index contributed by atoms with van der Waals surface area (Å²) in [5.41, 5.74) is 24.7. The first kappa shape index (κ1) is 83.4. The molecule has 114 heavy (non-hydrogen) atoms. The van der Waals surface area contributed by atoms with Gasteiger partial charge in [-0.05, 0) is 195 Å². The Balaban J connectivity index is 0.000000145. The van der Waals surface area contributed by atoms with Crippen LogP contribution in [0.15, 0.2) is 147 Å². The lowest BCUT2D eigenvalue weighted by Crippen LogP contribution is -2.32. The van der Waals surface area contributed by atoms with Crippen LogP contribution in [0, 0.1) is 51.4 Å². The summed E-state index contributed by atoms with van der Waals surface area (Å²) in [6.07, 6.45) is 17.3. The SMILES string of the molecule is CCc1ncc2cc(-c3cc(N)ccc3C)cnc2n1.CCc1ncc2cc(-c3cc(NC(=O)N4CCC(C)C4)ccc3C)cnc2n1.CCc1ncc2cc(-c3cc(NC(=O)N4CCC(C)C4)ccc3C)cnc2n1.CCc1ncc2cc(-c3cc(NC(=O)N4CC[C@H](C)C4)ccc3C)cnc2n1.Cl.FC(F)(F)C1CCNC1. The van der Waals surface area contributed by atoms with Gasteiger partial charge in [-0.25, -0.2) is 74.2 Å². The van der Waals surface area contributed by atoms with E-state index in [1.165, 1.54) is 5.56 Å². The smallest absolute Gasteiger partial charge is 0.393 e. The Morgan fingerprint density at radius 3 is 0.956 bits per heavy atom. The van der Waals surface area contributed by atoms with E-state index in [-0.39, 0.29) is 43.5 Å².